The zero-order valence-corrected chi connectivity index (χ0v) is 11.7. The highest BCUT2D eigenvalue weighted by Gasteiger charge is 2.33. The molecule has 0 amide bonds. The van der Waals surface area contributed by atoms with E-state index in [0.717, 1.165) is 30.8 Å². The Kier molecular flexibility index (Phi) is 3.48. The second kappa shape index (κ2) is 5.27. The first-order valence-electron chi connectivity index (χ1n) is 6.63. The van der Waals surface area contributed by atoms with Crippen LogP contribution in [0.1, 0.15) is 25.8 Å². The van der Waals surface area contributed by atoms with Crippen molar-refractivity contribution in [2.75, 3.05) is 6.61 Å². The number of aromatic amines is 1. The van der Waals surface area contributed by atoms with Crippen molar-refractivity contribution in [3.05, 3.63) is 35.1 Å². The van der Waals surface area contributed by atoms with E-state index >= 15 is 0 Å². The summed E-state index contributed by atoms with van der Waals surface area (Å²) in [6, 6.07) is 10.5. The molecule has 0 atom stereocenters. The Morgan fingerprint density at radius 2 is 2.11 bits per heavy atom. The van der Waals surface area contributed by atoms with Crippen molar-refractivity contribution < 1.29 is 4.74 Å². The summed E-state index contributed by atoms with van der Waals surface area (Å²) in [6.45, 7) is 2.81. The predicted octanol–water partition coefficient (Wildman–Crippen LogP) is 3.35. The first-order chi connectivity index (χ1) is 9.29. The molecular weight excluding hydrogens is 258 g/mol. The smallest absolute Gasteiger partial charge is 0.195 e. The minimum Gasteiger partial charge on any atom is -0.378 e. The lowest BCUT2D eigenvalue weighted by molar-refractivity contribution is -0.0196. The van der Waals surface area contributed by atoms with Crippen LogP contribution in [0.3, 0.4) is 0 Å². The fourth-order valence-corrected chi connectivity index (χ4v) is 2.84. The first-order valence-corrected chi connectivity index (χ1v) is 7.04. The number of hydrogen-bond donors (Lipinski definition) is 1. The molecule has 3 rings (SSSR count). The lowest BCUT2D eigenvalue weighted by atomic mass is 9.88. The minimum atomic E-state index is 0.371. The fraction of sp³-hybridized carbons (Fsp3) is 0.429. The summed E-state index contributed by atoms with van der Waals surface area (Å²) < 4.78 is 8.43. The third-order valence-corrected chi connectivity index (χ3v) is 3.86. The number of nitrogens with zero attached hydrogens (tertiary/aromatic N) is 2. The Balaban J connectivity index is 1.87. The van der Waals surface area contributed by atoms with Crippen molar-refractivity contribution >= 4 is 12.2 Å². The van der Waals surface area contributed by atoms with Crippen LogP contribution in [0, 0.1) is 4.77 Å². The SMILES string of the molecule is CCOC1CC(n2c(-c3ccccc3)n[nH]c2=S)C1. The lowest BCUT2D eigenvalue weighted by Gasteiger charge is -2.36. The molecule has 0 saturated heterocycles. The maximum absolute atomic E-state index is 5.61. The summed E-state index contributed by atoms with van der Waals surface area (Å²) in [5, 5.41) is 7.27. The van der Waals surface area contributed by atoms with Gasteiger partial charge in [0.2, 0.25) is 0 Å². The van der Waals surface area contributed by atoms with E-state index in [9.17, 15) is 0 Å². The van der Waals surface area contributed by atoms with E-state index < -0.39 is 0 Å². The standard InChI is InChI=1S/C14H17N3OS/c1-2-18-12-8-11(9-12)17-13(15-16-14(17)19)10-6-4-3-5-7-10/h3-7,11-12H,2,8-9H2,1H3,(H,16,19). The molecule has 1 heterocycles. The van der Waals surface area contributed by atoms with Gasteiger partial charge >= 0.3 is 0 Å². The van der Waals surface area contributed by atoms with Crippen LogP contribution < -0.4 is 0 Å². The Hall–Kier alpha value is -1.46. The maximum Gasteiger partial charge on any atom is 0.195 e. The quantitative estimate of drug-likeness (QED) is 0.870. The van der Waals surface area contributed by atoms with Gasteiger partial charge in [-0.3, -0.25) is 9.67 Å². The van der Waals surface area contributed by atoms with Crippen molar-refractivity contribution in [3.8, 4) is 11.4 Å². The van der Waals surface area contributed by atoms with Gasteiger partial charge in [-0.15, -0.1) is 0 Å². The maximum atomic E-state index is 5.61. The molecule has 1 saturated carbocycles. The van der Waals surface area contributed by atoms with Crippen LogP contribution in [0.4, 0.5) is 0 Å². The van der Waals surface area contributed by atoms with E-state index in [0.29, 0.717) is 16.9 Å². The molecule has 1 aromatic carbocycles. The largest absolute Gasteiger partial charge is 0.378 e. The fourth-order valence-electron chi connectivity index (χ4n) is 2.55. The lowest BCUT2D eigenvalue weighted by Crippen LogP contribution is -2.33. The van der Waals surface area contributed by atoms with Gasteiger partial charge in [0.05, 0.1) is 6.10 Å². The Bertz CT molecular complexity index is 599. The highest BCUT2D eigenvalue weighted by molar-refractivity contribution is 7.71. The van der Waals surface area contributed by atoms with Crippen molar-refractivity contribution in [2.24, 2.45) is 0 Å². The van der Waals surface area contributed by atoms with Gasteiger partial charge in [0.1, 0.15) is 0 Å². The van der Waals surface area contributed by atoms with E-state index in [1.807, 2.05) is 25.1 Å². The molecule has 2 aromatic rings. The summed E-state index contributed by atoms with van der Waals surface area (Å²) in [5.41, 5.74) is 1.09. The van der Waals surface area contributed by atoms with E-state index in [-0.39, 0.29) is 0 Å². The van der Waals surface area contributed by atoms with Gasteiger partial charge in [0, 0.05) is 18.2 Å². The Morgan fingerprint density at radius 3 is 2.79 bits per heavy atom. The molecule has 1 aromatic heterocycles. The zero-order valence-electron chi connectivity index (χ0n) is 10.9. The molecule has 1 fully saturated rings. The topological polar surface area (TPSA) is 42.8 Å². The third kappa shape index (κ3) is 2.35. The van der Waals surface area contributed by atoms with Crippen LogP contribution in [0.25, 0.3) is 11.4 Å². The Morgan fingerprint density at radius 1 is 1.37 bits per heavy atom. The highest BCUT2D eigenvalue weighted by atomic mass is 32.1. The highest BCUT2D eigenvalue weighted by Crippen LogP contribution is 2.37. The van der Waals surface area contributed by atoms with Crippen LogP contribution in [-0.2, 0) is 4.74 Å². The number of ether oxygens (including phenoxy) is 1. The van der Waals surface area contributed by atoms with Crippen molar-refractivity contribution in [3.63, 3.8) is 0 Å². The molecule has 0 radical (unpaired) electrons. The number of aromatic nitrogens is 3. The van der Waals surface area contributed by atoms with E-state index in [2.05, 4.69) is 26.9 Å². The second-order valence-corrected chi connectivity index (χ2v) is 5.18. The Labute approximate surface area is 117 Å². The summed E-state index contributed by atoms with van der Waals surface area (Å²) in [4.78, 5) is 0. The minimum absolute atomic E-state index is 0.371. The molecule has 19 heavy (non-hydrogen) atoms. The van der Waals surface area contributed by atoms with Crippen molar-refractivity contribution in [2.45, 2.75) is 31.9 Å². The van der Waals surface area contributed by atoms with Gasteiger partial charge < -0.3 is 4.74 Å². The molecule has 1 aliphatic carbocycles. The van der Waals surface area contributed by atoms with Crippen LogP contribution in [0.2, 0.25) is 0 Å². The van der Waals surface area contributed by atoms with Gasteiger partial charge in [-0.2, -0.15) is 5.10 Å². The zero-order chi connectivity index (χ0) is 13.2. The van der Waals surface area contributed by atoms with Crippen LogP contribution in [0.5, 0.6) is 0 Å². The van der Waals surface area contributed by atoms with Gasteiger partial charge in [-0.05, 0) is 32.0 Å². The number of hydrogen-bond acceptors (Lipinski definition) is 3. The molecule has 4 nitrogen and oxygen atoms in total. The number of nitrogens with one attached hydrogen (secondary N) is 1. The first kappa shape index (κ1) is 12.6. The third-order valence-electron chi connectivity index (χ3n) is 3.57. The van der Waals surface area contributed by atoms with Gasteiger partial charge in [-0.1, -0.05) is 30.3 Å². The number of rotatable bonds is 4. The molecule has 100 valence electrons. The van der Waals surface area contributed by atoms with Crippen LogP contribution >= 0.6 is 12.2 Å². The second-order valence-electron chi connectivity index (χ2n) is 4.79. The molecule has 1 aliphatic rings. The van der Waals surface area contributed by atoms with Crippen molar-refractivity contribution in [1.82, 2.24) is 14.8 Å². The average molecular weight is 275 g/mol. The van der Waals surface area contributed by atoms with E-state index in [4.69, 9.17) is 17.0 Å². The normalized spacial score (nSPS) is 22.2. The number of H-pyrrole nitrogens is 1. The van der Waals surface area contributed by atoms with Crippen molar-refractivity contribution in [1.29, 1.82) is 0 Å². The summed E-state index contributed by atoms with van der Waals surface area (Å²) in [6.07, 6.45) is 2.40. The monoisotopic (exact) mass is 275 g/mol. The molecular formula is C14H17N3OS. The molecule has 0 aliphatic heterocycles. The van der Waals surface area contributed by atoms with Gasteiger partial charge in [0.25, 0.3) is 0 Å². The summed E-state index contributed by atoms with van der Waals surface area (Å²) in [5.74, 6) is 0.922. The van der Waals surface area contributed by atoms with Crippen LogP contribution in [-0.4, -0.2) is 27.5 Å². The van der Waals surface area contributed by atoms with E-state index in [1.165, 1.54) is 0 Å². The van der Waals surface area contributed by atoms with Gasteiger partial charge in [0.15, 0.2) is 10.6 Å². The summed E-state index contributed by atoms with van der Waals surface area (Å²) in [7, 11) is 0. The molecule has 0 unspecified atom stereocenters. The molecule has 1 N–H and O–H groups in total. The summed E-state index contributed by atoms with van der Waals surface area (Å²) >= 11 is 5.36. The molecule has 0 spiro atoms. The van der Waals surface area contributed by atoms with E-state index in [1.54, 1.807) is 0 Å². The predicted molar refractivity (Wildman–Crippen MR) is 76.5 cm³/mol. The number of benzene rings is 1. The van der Waals surface area contributed by atoms with Gasteiger partial charge in [-0.25, -0.2) is 0 Å². The van der Waals surface area contributed by atoms with Crippen LogP contribution in [0.15, 0.2) is 30.3 Å². The molecule has 5 heteroatoms. The molecule has 0 bridgehead atoms. The average Bonchev–Trinajstić information content (AvgIpc) is 2.76.